The van der Waals surface area contributed by atoms with E-state index >= 15 is 0 Å². The van der Waals surface area contributed by atoms with Crippen LogP contribution in [0.3, 0.4) is 0 Å². The molecule has 12 nitrogen and oxygen atoms in total. The molecule has 0 saturated carbocycles. The Hall–Kier alpha value is -7.86. The van der Waals surface area contributed by atoms with Crippen LogP contribution >= 0.6 is 0 Å². The van der Waals surface area contributed by atoms with Crippen molar-refractivity contribution in [3.8, 4) is 52.5 Å². The smallest absolute Gasteiger partial charge is 0.331 e. The Balaban J connectivity index is 1.01. The Morgan fingerprint density at radius 3 is 0.812 bits per heavy atom. The standard InChI is InChI=1S/C57H60N6O6/c1-4-7-10-37-64-49-31-19-46(20-32-49)58-40-43-13-25-52(26-14-43)67-55-61-56(68-53-27-15-44(16-28-53)41-59-47-21-33-50(34-22-47)65-38-11-8-5-2)63-57(62-55)69-54-29-17-45(18-30-54)42-60-48-23-35-51(36-24-48)66-39-12-9-6-3/h13-36,40-42H,4-12,37-39H2,1-3H3. The SMILES string of the molecule is CCCCCOc1ccc(N=Cc2ccc(Oc3nc(Oc4ccc(C=Nc5ccc(OCCCCC)cc5)cc4)nc(Oc4ccc(C=Nc5ccc(OCCCCC)cc5)cc4)n3)cc2)cc1. The van der Waals surface area contributed by atoms with E-state index < -0.39 is 0 Å². The van der Waals surface area contributed by atoms with E-state index in [4.69, 9.17) is 28.4 Å². The second-order valence-electron chi connectivity index (χ2n) is 16.1. The molecule has 0 aliphatic heterocycles. The van der Waals surface area contributed by atoms with Gasteiger partial charge in [0.05, 0.1) is 36.9 Å². The third kappa shape index (κ3) is 17.1. The zero-order chi connectivity index (χ0) is 47.7. The summed E-state index contributed by atoms with van der Waals surface area (Å²) in [5.41, 5.74) is 5.11. The second-order valence-corrected chi connectivity index (χ2v) is 16.1. The average Bonchev–Trinajstić information content (AvgIpc) is 3.38. The molecular formula is C57H60N6O6. The minimum absolute atomic E-state index is 0.0179. The fourth-order valence-electron chi connectivity index (χ4n) is 6.60. The minimum Gasteiger partial charge on any atom is -0.494 e. The number of nitrogens with zero attached hydrogens (tertiary/aromatic N) is 6. The van der Waals surface area contributed by atoms with Crippen LogP contribution in [0.5, 0.6) is 52.5 Å². The molecule has 0 N–H and O–H groups in total. The molecule has 0 amide bonds. The van der Waals surface area contributed by atoms with E-state index in [1.165, 1.54) is 0 Å². The van der Waals surface area contributed by atoms with Crippen LogP contribution in [0.25, 0.3) is 0 Å². The lowest BCUT2D eigenvalue weighted by atomic mass is 10.2. The summed E-state index contributed by atoms with van der Waals surface area (Å²) in [6.45, 7) is 8.68. The number of rotatable bonds is 27. The van der Waals surface area contributed by atoms with E-state index in [0.29, 0.717) is 37.1 Å². The van der Waals surface area contributed by atoms with Crippen molar-refractivity contribution in [2.75, 3.05) is 19.8 Å². The van der Waals surface area contributed by atoms with E-state index in [0.717, 1.165) is 109 Å². The van der Waals surface area contributed by atoms with Crippen molar-refractivity contribution in [1.29, 1.82) is 0 Å². The Bertz CT molecular complexity index is 2360. The number of aromatic nitrogens is 3. The fourth-order valence-corrected chi connectivity index (χ4v) is 6.60. The average molecular weight is 925 g/mol. The van der Waals surface area contributed by atoms with Gasteiger partial charge in [0.1, 0.15) is 34.5 Å². The maximum atomic E-state index is 6.14. The molecule has 0 unspecified atom stereocenters. The summed E-state index contributed by atoms with van der Waals surface area (Å²) in [6, 6.07) is 45.5. The third-order valence-electron chi connectivity index (χ3n) is 10.5. The first-order valence-corrected chi connectivity index (χ1v) is 23.9. The zero-order valence-corrected chi connectivity index (χ0v) is 39.7. The summed E-state index contributed by atoms with van der Waals surface area (Å²) >= 11 is 0. The lowest BCUT2D eigenvalue weighted by molar-refractivity contribution is 0.306. The van der Waals surface area contributed by atoms with Gasteiger partial charge in [0.15, 0.2) is 0 Å². The Morgan fingerprint density at radius 1 is 0.319 bits per heavy atom. The molecule has 0 fully saturated rings. The molecule has 0 bridgehead atoms. The Labute approximate surface area is 405 Å². The van der Waals surface area contributed by atoms with Gasteiger partial charge in [0.25, 0.3) is 0 Å². The van der Waals surface area contributed by atoms with E-state index in [2.05, 4.69) is 50.7 Å². The van der Waals surface area contributed by atoms with Gasteiger partial charge >= 0.3 is 18.0 Å². The number of hydrogen-bond donors (Lipinski definition) is 0. The molecule has 1 heterocycles. The summed E-state index contributed by atoms with van der Waals surface area (Å²) in [4.78, 5) is 27.3. The van der Waals surface area contributed by atoms with Gasteiger partial charge in [-0.3, -0.25) is 15.0 Å². The third-order valence-corrected chi connectivity index (χ3v) is 10.5. The molecule has 6 aromatic carbocycles. The van der Waals surface area contributed by atoms with Crippen molar-refractivity contribution in [2.45, 2.75) is 78.6 Å². The Morgan fingerprint density at radius 2 is 0.565 bits per heavy atom. The highest BCUT2D eigenvalue weighted by molar-refractivity contribution is 5.83. The van der Waals surface area contributed by atoms with E-state index in [1.54, 1.807) is 18.6 Å². The van der Waals surface area contributed by atoms with Crippen molar-refractivity contribution >= 4 is 35.7 Å². The summed E-state index contributed by atoms with van der Waals surface area (Å²) in [5.74, 6) is 4.01. The van der Waals surface area contributed by atoms with Gasteiger partial charge in [0.2, 0.25) is 0 Å². The zero-order valence-electron chi connectivity index (χ0n) is 39.7. The van der Waals surface area contributed by atoms with Crippen LogP contribution in [-0.2, 0) is 0 Å². The van der Waals surface area contributed by atoms with E-state index in [9.17, 15) is 0 Å². The van der Waals surface area contributed by atoms with Crippen LogP contribution in [0.1, 0.15) is 95.2 Å². The molecule has 0 atom stereocenters. The Kier molecular flexibility index (Phi) is 19.2. The summed E-state index contributed by atoms with van der Waals surface area (Å²) < 4.78 is 35.9. The van der Waals surface area contributed by atoms with Gasteiger partial charge in [-0.2, -0.15) is 0 Å². The van der Waals surface area contributed by atoms with Crippen molar-refractivity contribution < 1.29 is 28.4 Å². The molecular weight excluding hydrogens is 865 g/mol. The van der Waals surface area contributed by atoms with Gasteiger partial charge in [-0.1, -0.05) is 59.3 Å². The fraction of sp³-hybridized carbons (Fsp3) is 0.263. The lowest BCUT2D eigenvalue weighted by Crippen LogP contribution is -2.01. The summed E-state index contributed by atoms with van der Waals surface area (Å²) in [7, 11) is 0. The largest absolute Gasteiger partial charge is 0.494 e. The molecule has 7 aromatic rings. The molecule has 0 aliphatic carbocycles. The normalized spacial score (nSPS) is 11.3. The number of ether oxygens (including phenoxy) is 6. The monoisotopic (exact) mass is 924 g/mol. The number of benzene rings is 6. The topological polar surface area (TPSA) is 131 Å². The van der Waals surface area contributed by atoms with E-state index in [1.807, 2.05) is 146 Å². The van der Waals surface area contributed by atoms with Gasteiger partial charge in [-0.25, -0.2) is 0 Å². The molecule has 0 aliphatic rings. The molecule has 69 heavy (non-hydrogen) atoms. The molecule has 0 radical (unpaired) electrons. The van der Waals surface area contributed by atoms with Crippen LogP contribution in [0.15, 0.2) is 161 Å². The van der Waals surface area contributed by atoms with Gasteiger partial charge in [-0.05, 0) is 182 Å². The lowest BCUT2D eigenvalue weighted by Gasteiger charge is -2.10. The molecule has 7 rings (SSSR count). The summed E-state index contributed by atoms with van der Waals surface area (Å²) in [6.07, 6.45) is 15.5. The van der Waals surface area contributed by atoms with E-state index in [-0.39, 0.29) is 18.0 Å². The van der Waals surface area contributed by atoms with Gasteiger partial charge in [-0.15, -0.1) is 15.0 Å². The quantitative estimate of drug-likeness (QED) is 0.0365. The van der Waals surface area contributed by atoms with Crippen LogP contribution in [0, 0.1) is 0 Å². The molecule has 0 saturated heterocycles. The van der Waals surface area contributed by atoms with Gasteiger partial charge in [0, 0.05) is 18.6 Å². The number of aliphatic imine (C=N–C) groups is 3. The highest BCUT2D eigenvalue weighted by Gasteiger charge is 2.14. The van der Waals surface area contributed by atoms with Gasteiger partial charge < -0.3 is 28.4 Å². The first kappa shape index (κ1) is 49.1. The van der Waals surface area contributed by atoms with Crippen molar-refractivity contribution in [1.82, 2.24) is 15.0 Å². The van der Waals surface area contributed by atoms with Crippen LogP contribution in [-0.4, -0.2) is 53.4 Å². The highest BCUT2D eigenvalue weighted by Crippen LogP contribution is 2.28. The number of unbranched alkanes of at least 4 members (excludes halogenated alkanes) is 6. The highest BCUT2D eigenvalue weighted by atomic mass is 16.5. The van der Waals surface area contributed by atoms with Crippen molar-refractivity contribution in [2.24, 2.45) is 15.0 Å². The maximum Gasteiger partial charge on any atom is 0.331 e. The first-order valence-electron chi connectivity index (χ1n) is 23.9. The van der Waals surface area contributed by atoms with Crippen LogP contribution in [0.2, 0.25) is 0 Å². The molecule has 0 spiro atoms. The number of hydrogen-bond acceptors (Lipinski definition) is 12. The summed E-state index contributed by atoms with van der Waals surface area (Å²) in [5, 5.41) is 0. The van der Waals surface area contributed by atoms with Crippen molar-refractivity contribution in [3.63, 3.8) is 0 Å². The predicted octanol–water partition coefficient (Wildman–Crippen LogP) is 15.2. The van der Waals surface area contributed by atoms with Crippen molar-refractivity contribution in [3.05, 3.63) is 162 Å². The molecule has 12 heteroatoms. The predicted molar refractivity (Wildman–Crippen MR) is 276 cm³/mol. The minimum atomic E-state index is -0.0179. The van der Waals surface area contributed by atoms with Crippen LogP contribution < -0.4 is 28.4 Å². The molecule has 354 valence electrons. The van der Waals surface area contributed by atoms with Crippen LogP contribution in [0.4, 0.5) is 17.1 Å². The first-order chi connectivity index (χ1) is 34.0. The molecule has 1 aromatic heterocycles. The second kappa shape index (κ2) is 27.1. The maximum absolute atomic E-state index is 6.14.